The molecule has 0 unspecified atom stereocenters. The van der Waals surface area contributed by atoms with Gasteiger partial charge in [0.1, 0.15) is 19.9 Å². The van der Waals surface area contributed by atoms with Gasteiger partial charge in [0.05, 0.1) is 6.21 Å². The van der Waals surface area contributed by atoms with Crippen LogP contribution in [-0.2, 0) is 9.68 Å². The lowest BCUT2D eigenvalue weighted by atomic mass is 10.1. The van der Waals surface area contributed by atoms with E-state index in [1.54, 1.807) is 0 Å². The first-order chi connectivity index (χ1) is 7.27. The molecule has 5 heteroatoms. The second-order valence-electron chi connectivity index (χ2n) is 2.59. The fraction of sp³-hybridized carbons (Fsp3) is 0.200. The first kappa shape index (κ1) is 11.7. The van der Waals surface area contributed by atoms with Gasteiger partial charge in [-0.25, -0.2) is 0 Å². The van der Waals surface area contributed by atoms with Gasteiger partial charge in [-0.3, -0.25) is 0 Å². The van der Waals surface area contributed by atoms with E-state index in [0.717, 1.165) is 10.0 Å². The summed E-state index contributed by atoms with van der Waals surface area (Å²) >= 11 is 3.38. The molecule has 80 valence electrons. The molecule has 0 N–H and O–H groups in total. The predicted octanol–water partition coefficient (Wildman–Crippen LogP) is 2.43. The van der Waals surface area contributed by atoms with Gasteiger partial charge in [-0.2, -0.15) is 0 Å². The Hall–Kier alpha value is -1.36. The molecule has 4 nitrogen and oxygen atoms in total. The lowest BCUT2D eigenvalue weighted by Gasteiger charge is -2.00. The maximum absolute atomic E-state index is 4.72. The van der Waals surface area contributed by atoms with Crippen LogP contribution in [0.5, 0.6) is 0 Å². The third-order valence-electron chi connectivity index (χ3n) is 1.59. The van der Waals surface area contributed by atoms with Crippen molar-refractivity contribution < 1.29 is 9.68 Å². The molecule has 0 spiro atoms. The summed E-state index contributed by atoms with van der Waals surface area (Å²) in [6.45, 7) is 0. The van der Waals surface area contributed by atoms with Crippen LogP contribution in [-0.4, -0.2) is 26.1 Å². The minimum Gasteiger partial charge on any atom is -0.399 e. The highest BCUT2D eigenvalue weighted by molar-refractivity contribution is 9.10. The Morgan fingerprint density at radius 2 is 2.13 bits per heavy atom. The van der Waals surface area contributed by atoms with E-state index in [-0.39, 0.29) is 0 Å². The molecule has 0 amide bonds. The molecule has 0 radical (unpaired) electrons. The molecule has 0 aliphatic heterocycles. The highest BCUT2D eigenvalue weighted by Gasteiger charge is 2.02. The van der Waals surface area contributed by atoms with Crippen molar-refractivity contribution in [3.8, 4) is 0 Å². The van der Waals surface area contributed by atoms with Crippen LogP contribution in [0.2, 0.25) is 0 Å². The first-order valence-corrected chi connectivity index (χ1v) is 5.01. The smallest absolute Gasteiger partial charge is 0.131 e. The number of oxime groups is 2. The average Bonchev–Trinajstić information content (AvgIpc) is 2.24. The molecule has 1 rings (SSSR count). The molecule has 1 aromatic carbocycles. The zero-order valence-corrected chi connectivity index (χ0v) is 10.1. The van der Waals surface area contributed by atoms with Crippen molar-refractivity contribution in [1.29, 1.82) is 0 Å². The fourth-order valence-corrected chi connectivity index (χ4v) is 1.40. The SMILES string of the molecule is CON=CC(=NOC)c1cccc(Br)c1. The van der Waals surface area contributed by atoms with Crippen LogP contribution in [0.15, 0.2) is 39.0 Å². The van der Waals surface area contributed by atoms with Gasteiger partial charge >= 0.3 is 0 Å². The molecular weight excluding hydrogens is 260 g/mol. The van der Waals surface area contributed by atoms with Crippen LogP contribution in [0.25, 0.3) is 0 Å². The first-order valence-electron chi connectivity index (χ1n) is 4.21. The maximum Gasteiger partial charge on any atom is 0.131 e. The molecule has 0 fully saturated rings. The summed E-state index contributed by atoms with van der Waals surface area (Å²) in [5.41, 5.74) is 1.49. The van der Waals surface area contributed by atoms with Crippen molar-refractivity contribution in [2.45, 2.75) is 0 Å². The summed E-state index contributed by atoms with van der Waals surface area (Å²) < 4.78 is 0.967. The van der Waals surface area contributed by atoms with Crippen molar-refractivity contribution in [3.05, 3.63) is 34.3 Å². The molecule has 15 heavy (non-hydrogen) atoms. The quantitative estimate of drug-likeness (QED) is 0.623. The Kier molecular flexibility index (Phi) is 4.83. The van der Waals surface area contributed by atoms with E-state index in [4.69, 9.17) is 4.84 Å². The molecule has 0 aliphatic carbocycles. The predicted molar refractivity (Wildman–Crippen MR) is 63.2 cm³/mol. The van der Waals surface area contributed by atoms with E-state index in [1.165, 1.54) is 20.4 Å². The van der Waals surface area contributed by atoms with Crippen molar-refractivity contribution >= 4 is 27.9 Å². The second kappa shape index (κ2) is 6.19. The Balaban J connectivity index is 2.99. The summed E-state index contributed by atoms with van der Waals surface area (Å²) in [5.74, 6) is 0. The van der Waals surface area contributed by atoms with Gasteiger partial charge in [-0.1, -0.05) is 38.4 Å². The number of rotatable bonds is 4. The Labute approximate surface area is 96.7 Å². The molecule has 0 atom stereocenters. The summed E-state index contributed by atoms with van der Waals surface area (Å²) in [5, 5.41) is 7.49. The van der Waals surface area contributed by atoms with Crippen LogP contribution >= 0.6 is 15.9 Å². The summed E-state index contributed by atoms with van der Waals surface area (Å²) in [6, 6.07) is 7.66. The van der Waals surface area contributed by atoms with E-state index >= 15 is 0 Å². The molecule has 0 heterocycles. The molecule has 0 saturated heterocycles. The monoisotopic (exact) mass is 270 g/mol. The number of benzene rings is 1. The van der Waals surface area contributed by atoms with Crippen molar-refractivity contribution in [1.82, 2.24) is 0 Å². The largest absolute Gasteiger partial charge is 0.399 e. The fourth-order valence-electron chi connectivity index (χ4n) is 1.000. The summed E-state index contributed by atoms with van der Waals surface area (Å²) in [6.07, 6.45) is 1.49. The van der Waals surface area contributed by atoms with Crippen LogP contribution in [0.4, 0.5) is 0 Å². The Bertz CT molecular complexity index is 377. The Morgan fingerprint density at radius 3 is 2.73 bits per heavy atom. The van der Waals surface area contributed by atoms with Crippen molar-refractivity contribution in [2.24, 2.45) is 10.3 Å². The molecular formula is C10H11BrN2O2. The molecule has 0 aromatic heterocycles. The van der Waals surface area contributed by atoms with Crippen LogP contribution in [0, 0.1) is 0 Å². The van der Waals surface area contributed by atoms with E-state index in [0.29, 0.717) is 5.71 Å². The number of hydrogen-bond acceptors (Lipinski definition) is 4. The maximum atomic E-state index is 4.72. The van der Waals surface area contributed by atoms with Gasteiger partial charge in [0.15, 0.2) is 0 Å². The standard InChI is InChI=1S/C10H11BrN2O2/c1-14-12-7-10(13-15-2)8-4-3-5-9(11)6-8/h3-7H,1-2H3. The minimum absolute atomic E-state index is 0.598. The zero-order valence-electron chi connectivity index (χ0n) is 8.48. The number of nitrogens with zero attached hydrogens (tertiary/aromatic N) is 2. The third-order valence-corrected chi connectivity index (χ3v) is 2.08. The van der Waals surface area contributed by atoms with Crippen molar-refractivity contribution in [2.75, 3.05) is 14.2 Å². The number of halogens is 1. The van der Waals surface area contributed by atoms with Gasteiger partial charge in [0, 0.05) is 10.0 Å². The van der Waals surface area contributed by atoms with Gasteiger partial charge in [0.25, 0.3) is 0 Å². The van der Waals surface area contributed by atoms with E-state index in [9.17, 15) is 0 Å². The lowest BCUT2D eigenvalue weighted by molar-refractivity contribution is 0.211. The third kappa shape index (κ3) is 3.71. The second-order valence-corrected chi connectivity index (χ2v) is 3.50. The summed E-state index contributed by atoms with van der Waals surface area (Å²) in [7, 11) is 2.96. The van der Waals surface area contributed by atoms with Crippen LogP contribution < -0.4 is 0 Å². The summed E-state index contributed by atoms with van der Waals surface area (Å²) in [4.78, 5) is 9.31. The van der Waals surface area contributed by atoms with Gasteiger partial charge in [-0.05, 0) is 12.1 Å². The lowest BCUT2D eigenvalue weighted by Crippen LogP contribution is -2.03. The Morgan fingerprint density at radius 1 is 1.33 bits per heavy atom. The van der Waals surface area contributed by atoms with E-state index in [1.807, 2.05) is 24.3 Å². The van der Waals surface area contributed by atoms with Crippen LogP contribution in [0.1, 0.15) is 5.56 Å². The molecule has 0 saturated carbocycles. The molecule has 0 bridgehead atoms. The highest BCUT2D eigenvalue weighted by Crippen LogP contribution is 2.12. The molecule has 1 aromatic rings. The topological polar surface area (TPSA) is 43.2 Å². The highest BCUT2D eigenvalue weighted by atomic mass is 79.9. The van der Waals surface area contributed by atoms with E-state index in [2.05, 4.69) is 31.1 Å². The minimum atomic E-state index is 0.598. The van der Waals surface area contributed by atoms with Gasteiger partial charge in [0.2, 0.25) is 0 Å². The van der Waals surface area contributed by atoms with Gasteiger partial charge in [-0.15, -0.1) is 0 Å². The normalized spacial score (nSPS) is 11.8. The van der Waals surface area contributed by atoms with Gasteiger partial charge < -0.3 is 9.68 Å². The van der Waals surface area contributed by atoms with Crippen LogP contribution in [0.3, 0.4) is 0 Å². The van der Waals surface area contributed by atoms with Crippen molar-refractivity contribution in [3.63, 3.8) is 0 Å². The molecule has 0 aliphatic rings. The van der Waals surface area contributed by atoms with E-state index < -0.39 is 0 Å². The zero-order chi connectivity index (χ0) is 11.1. The number of hydrogen-bond donors (Lipinski definition) is 0. The average molecular weight is 271 g/mol.